The second-order valence-electron chi connectivity index (χ2n) is 5.05. The molecule has 6 nitrogen and oxygen atoms in total. The lowest BCUT2D eigenvalue weighted by atomic mass is 10.1. The molecule has 112 valence electrons. The van der Waals surface area contributed by atoms with E-state index in [4.69, 9.17) is 0 Å². The molecule has 1 saturated heterocycles. The number of nitrogens with one attached hydrogen (secondary N) is 1. The molecule has 1 N–H and O–H groups in total. The maximum absolute atomic E-state index is 12.4. The number of nitrogens with zero attached hydrogens (tertiary/aromatic N) is 2. The standard InChI is InChI=1S/C13H15N3O3S2/c17-16(18)10-4-5-12-11(7-10)15-13(20-12)21(19)8-9-3-1-2-6-14-9/h4-5,7,9,14H,1-3,6,8H2/t9-,21-/m1/s1. The Kier molecular flexibility index (Phi) is 4.27. The van der Waals surface area contributed by atoms with Gasteiger partial charge >= 0.3 is 0 Å². The van der Waals surface area contributed by atoms with Crippen LogP contribution < -0.4 is 5.32 Å². The summed E-state index contributed by atoms with van der Waals surface area (Å²) in [6.07, 6.45) is 3.39. The van der Waals surface area contributed by atoms with Crippen molar-refractivity contribution in [2.24, 2.45) is 0 Å². The molecular formula is C13H15N3O3S2. The summed E-state index contributed by atoms with van der Waals surface area (Å²) in [4.78, 5) is 14.6. The first-order valence-corrected chi connectivity index (χ1v) is 8.94. The molecule has 2 heterocycles. The average Bonchev–Trinajstić information content (AvgIpc) is 2.91. The fraction of sp³-hybridized carbons (Fsp3) is 0.462. The fourth-order valence-corrected chi connectivity index (χ4v) is 4.94. The van der Waals surface area contributed by atoms with Gasteiger partial charge in [0, 0.05) is 23.9 Å². The third-order valence-corrected chi connectivity index (χ3v) is 6.35. The summed E-state index contributed by atoms with van der Waals surface area (Å²) < 4.78 is 13.8. The predicted molar refractivity (Wildman–Crippen MR) is 83.2 cm³/mol. The van der Waals surface area contributed by atoms with Gasteiger partial charge in [0.1, 0.15) is 0 Å². The number of thiazole rings is 1. The number of hydrogen-bond acceptors (Lipinski definition) is 6. The zero-order valence-electron chi connectivity index (χ0n) is 11.3. The minimum atomic E-state index is -1.16. The summed E-state index contributed by atoms with van der Waals surface area (Å²) >= 11 is 1.35. The molecule has 0 amide bonds. The molecule has 0 saturated carbocycles. The minimum Gasteiger partial charge on any atom is -0.313 e. The Morgan fingerprint density at radius 2 is 2.33 bits per heavy atom. The van der Waals surface area contributed by atoms with Crippen molar-refractivity contribution in [3.05, 3.63) is 28.3 Å². The number of aromatic nitrogens is 1. The van der Waals surface area contributed by atoms with E-state index in [9.17, 15) is 14.3 Å². The molecule has 0 unspecified atom stereocenters. The number of nitro benzene ring substituents is 1. The molecular weight excluding hydrogens is 310 g/mol. The van der Waals surface area contributed by atoms with Gasteiger partial charge in [0.2, 0.25) is 0 Å². The van der Waals surface area contributed by atoms with Crippen molar-refractivity contribution in [2.45, 2.75) is 29.6 Å². The monoisotopic (exact) mass is 325 g/mol. The Morgan fingerprint density at radius 1 is 1.48 bits per heavy atom. The molecule has 8 heteroatoms. The van der Waals surface area contributed by atoms with Gasteiger partial charge < -0.3 is 5.32 Å². The van der Waals surface area contributed by atoms with Crippen LogP contribution in [0.4, 0.5) is 5.69 Å². The van der Waals surface area contributed by atoms with E-state index in [0.717, 1.165) is 17.7 Å². The summed E-state index contributed by atoms with van der Waals surface area (Å²) in [5.41, 5.74) is 0.563. The zero-order valence-corrected chi connectivity index (χ0v) is 12.9. The second kappa shape index (κ2) is 6.17. The van der Waals surface area contributed by atoms with Crippen LogP contribution in [-0.2, 0) is 10.8 Å². The van der Waals surface area contributed by atoms with Gasteiger partial charge in [0.15, 0.2) is 4.34 Å². The summed E-state index contributed by atoms with van der Waals surface area (Å²) in [6, 6.07) is 4.84. The largest absolute Gasteiger partial charge is 0.313 e. The number of piperidine rings is 1. The molecule has 2 aromatic rings. The summed E-state index contributed by atoms with van der Waals surface area (Å²) in [5, 5.41) is 14.1. The van der Waals surface area contributed by atoms with E-state index in [0.29, 0.717) is 15.6 Å². The van der Waals surface area contributed by atoms with E-state index >= 15 is 0 Å². The highest BCUT2D eigenvalue weighted by molar-refractivity contribution is 7.87. The van der Waals surface area contributed by atoms with Crippen LogP contribution in [0.1, 0.15) is 19.3 Å². The Morgan fingerprint density at radius 3 is 3.05 bits per heavy atom. The van der Waals surface area contributed by atoms with Crippen LogP contribution in [0.15, 0.2) is 22.5 Å². The van der Waals surface area contributed by atoms with Gasteiger partial charge in [-0.1, -0.05) is 6.42 Å². The molecule has 2 atom stereocenters. The van der Waals surface area contributed by atoms with E-state index in [1.165, 1.54) is 36.3 Å². The Balaban J connectivity index is 1.79. The molecule has 3 rings (SSSR count). The van der Waals surface area contributed by atoms with E-state index < -0.39 is 15.7 Å². The fourth-order valence-electron chi connectivity index (χ4n) is 2.43. The third kappa shape index (κ3) is 3.28. The molecule has 1 aliphatic rings. The van der Waals surface area contributed by atoms with Gasteiger partial charge in [-0.2, -0.15) is 0 Å². The zero-order chi connectivity index (χ0) is 14.8. The van der Waals surface area contributed by atoms with E-state index in [1.54, 1.807) is 6.07 Å². The Hall–Kier alpha value is -1.38. The van der Waals surface area contributed by atoms with Gasteiger partial charge in [0.05, 0.1) is 25.9 Å². The van der Waals surface area contributed by atoms with Gasteiger partial charge in [0.25, 0.3) is 5.69 Å². The van der Waals surface area contributed by atoms with Crippen molar-refractivity contribution >= 4 is 38.0 Å². The van der Waals surface area contributed by atoms with Crippen molar-refractivity contribution in [3.63, 3.8) is 0 Å². The average molecular weight is 325 g/mol. The van der Waals surface area contributed by atoms with Crippen molar-refractivity contribution in [2.75, 3.05) is 12.3 Å². The maximum Gasteiger partial charge on any atom is 0.271 e. The van der Waals surface area contributed by atoms with Crippen LogP contribution in [0.25, 0.3) is 10.2 Å². The van der Waals surface area contributed by atoms with Crippen LogP contribution in [0.3, 0.4) is 0 Å². The predicted octanol–water partition coefficient (Wildman–Crippen LogP) is 2.45. The van der Waals surface area contributed by atoms with Crippen molar-refractivity contribution < 1.29 is 9.13 Å². The molecule has 0 bridgehead atoms. The third-order valence-electron chi connectivity index (χ3n) is 3.52. The molecule has 1 aliphatic heterocycles. The SMILES string of the molecule is O=[N+]([O-])c1ccc2sc([S@](=O)C[C@H]3CCCCN3)nc2c1. The topological polar surface area (TPSA) is 85.1 Å². The highest BCUT2D eigenvalue weighted by Crippen LogP contribution is 2.28. The Bertz CT molecular complexity index is 695. The van der Waals surface area contributed by atoms with E-state index in [2.05, 4.69) is 10.3 Å². The molecule has 21 heavy (non-hydrogen) atoms. The van der Waals surface area contributed by atoms with Gasteiger partial charge in [-0.25, -0.2) is 4.98 Å². The number of nitro groups is 1. The molecule has 1 aromatic carbocycles. The molecule has 1 fully saturated rings. The molecule has 0 spiro atoms. The molecule has 0 aliphatic carbocycles. The second-order valence-corrected chi connectivity index (χ2v) is 7.75. The van der Waals surface area contributed by atoms with Crippen molar-refractivity contribution in [3.8, 4) is 0 Å². The first-order valence-electron chi connectivity index (χ1n) is 6.80. The normalized spacial score (nSPS) is 20.5. The van der Waals surface area contributed by atoms with Crippen LogP contribution in [0.2, 0.25) is 0 Å². The summed E-state index contributed by atoms with van der Waals surface area (Å²) in [5.74, 6) is 0.557. The van der Waals surface area contributed by atoms with Crippen LogP contribution in [-0.4, -0.2) is 32.5 Å². The van der Waals surface area contributed by atoms with Gasteiger partial charge in [-0.15, -0.1) is 11.3 Å². The lowest BCUT2D eigenvalue weighted by Crippen LogP contribution is -2.38. The van der Waals surface area contributed by atoms with Crippen LogP contribution in [0, 0.1) is 10.1 Å². The van der Waals surface area contributed by atoms with Gasteiger partial charge in [-0.3, -0.25) is 14.3 Å². The maximum atomic E-state index is 12.4. The van der Waals surface area contributed by atoms with Gasteiger partial charge in [-0.05, 0) is 25.5 Å². The van der Waals surface area contributed by atoms with Crippen LogP contribution in [0.5, 0.6) is 0 Å². The van der Waals surface area contributed by atoms with E-state index in [1.807, 2.05) is 0 Å². The summed E-state index contributed by atoms with van der Waals surface area (Å²) in [6.45, 7) is 0.980. The van der Waals surface area contributed by atoms with Crippen LogP contribution >= 0.6 is 11.3 Å². The lowest BCUT2D eigenvalue weighted by Gasteiger charge is -2.22. The minimum absolute atomic E-state index is 0.0130. The number of rotatable bonds is 4. The Labute approximate surface area is 128 Å². The number of fused-ring (bicyclic) bond motifs is 1. The number of benzene rings is 1. The molecule has 0 radical (unpaired) electrons. The number of non-ortho nitro benzene ring substituents is 1. The van der Waals surface area contributed by atoms with E-state index in [-0.39, 0.29) is 11.7 Å². The van der Waals surface area contributed by atoms with Crippen molar-refractivity contribution in [1.82, 2.24) is 10.3 Å². The summed E-state index contributed by atoms with van der Waals surface area (Å²) in [7, 11) is -1.16. The quantitative estimate of drug-likeness (QED) is 0.689. The highest BCUT2D eigenvalue weighted by Gasteiger charge is 2.19. The first kappa shape index (κ1) is 14.6. The first-order chi connectivity index (χ1) is 10.1. The van der Waals surface area contributed by atoms with Crippen molar-refractivity contribution in [1.29, 1.82) is 0 Å². The lowest BCUT2D eigenvalue weighted by molar-refractivity contribution is -0.384. The number of hydrogen-bond donors (Lipinski definition) is 1. The highest BCUT2D eigenvalue weighted by atomic mass is 32.2. The molecule has 1 aromatic heterocycles. The smallest absolute Gasteiger partial charge is 0.271 e.